The molecule has 0 unspecified atom stereocenters. The highest BCUT2D eigenvalue weighted by Gasteiger charge is 2.18. The van der Waals surface area contributed by atoms with Gasteiger partial charge in [-0.15, -0.1) is 0 Å². The second kappa shape index (κ2) is 6.46. The van der Waals surface area contributed by atoms with E-state index in [0.29, 0.717) is 12.1 Å². The van der Waals surface area contributed by atoms with Crippen molar-refractivity contribution in [3.63, 3.8) is 0 Å². The van der Waals surface area contributed by atoms with E-state index in [1.54, 1.807) is 7.11 Å². The van der Waals surface area contributed by atoms with E-state index in [1.165, 1.54) is 29.2 Å². The van der Waals surface area contributed by atoms with Crippen LogP contribution < -0.4 is 15.8 Å². The summed E-state index contributed by atoms with van der Waals surface area (Å²) < 4.78 is 5.55. The van der Waals surface area contributed by atoms with Crippen LogP contribution >= 0.6 is 0 Å². The smallest absolute Gasteiger partial charge is 0.123 e. The molecule has 3 heteroatoms. The molecule has 3 rings (SSSR count). The molecule has 2 aromatic carbocycles. The first kappa shape index (κ1) is 14.4. The predicted octanol–water partition coefficient (Wildman–Crippen LogP) is 3.21. The first-order valence-corrected chi connectivity index (χ1v) is 7.81. The van der Waals surface area contributed by atoms with Gasteiger partial charge in [-0.05, 0) is 42.5 Å². The zero-order valence-electron chi connectivity index (χ0n) is 12.6. The Labute approximate surface area is 126 Å². The van der Waals surface area contributed by atoms with Crippen molar-refractivity contribution in [2.75, 3.05) is 7.11 Å². The van der Waals surface area contributed by atoms with Crippen molar-refractivity contribution in [2.24, 2.45) is 5.73 Å². The minimum absolute atomic E-state index is 0.398. The van der Waals surface area contributed by atoms with Crippen LogP contribution in [0.1, 0.15) is 31.2 Å². The Balaban J connectivity index is 1.79. The van der Waals surface area contributed by atoms with E-state index >= 15 is 0 Å². The number of fused-ring (bicyclic) bond motifs is 1. The van der Waals surface area contributed by atoms with Crippen molar-refractivity contribution in [1.29, 1.82) is 0 Å². The number of hydrogen-bond acceptors (Lipinski definition) is 3. The Morgan fingerprint density at radius 3 is 2.62 bits per heavy atom. The van der Waals surface area contributed by atoms with Gasteiger partial charge in [-0.2, -0.15) is 0 Å². The van der Waals surface area contributed by atoms with Crippen LogP contribution in [0.5, 0.6) is 5.75 Å². The normalized spacial score (nSPS) is 22.4. The summed E-state index contributed by atoms with van der Waals surface area (Å²) >= 11 is 0. The molecular weight excluding hydrogens is 260 g/mol. The first-order valence-electron chi connectivity index (χ1n) is 7.81. The number of hydrogen-bond donors (Lipinski definition) is 2. The Morgan fingerprint density at radius 1 is 1.10 bits per heavy atom. The van der Waals surface area contributed by atoms with Gasteiger partial charge in [0, 0.05) is 24.2 Å². The fourth-order valence-corrected chi connectivity index (χ4v) is 3.26. The van der Waals surface area contributed by atoms with Crippen molar-refractivity contribution < 1.29 is 4.74 Å². The van der Waals surface area contributed by atoms with Crippen LogP contribution in [-0.4, -0.2) is 19.2 Å². The van der Waals surface area contributed by atoms with Gasteiger partial charge in [0.2, 0.25) is 0 Å². The summed E-state index contributed by atoms with van der Waals surface area (Å²) in [4.78, 5) is 0. The third-order valence-electron chi connectivity index (χ3n) is 4.56. The van der Waals surface area contributed by atoms with Gasteiger partial charge in [0.15, 0.2) is 0 Å². The molecule has 0 radical (unpaired) electrons. The van der Waals surface area contributed by atoms with Crippen LogP contribution in [0.2, 0.25) is 0 Å². The summed E-state index contributed by atoms with van der Waals surface area (Å²) in [7, 11) is 1.74. The van der Waals surface area contributed by atoms with Gasteiger partial charge < -0.3 is 15.8 Å². The molecule has 1 saturated carbocycles. The lowest BCUT2D eigenvalue weighted by atomic mass is 9.91. The van der Waals surface area contributed by atoms with Crippen LogP contribution in [0.4, 0.5) is 0 Å². The van der Waals surface area contributed by atoms with Gasteiger partial charge in [-0.1, -0.05) is 30.3 Å². The molecule has 21 heavy (non-hydrogen) atoms. The number of nitrogens with two attached hydrogens (primary N) is 1. The summed E-state index contributed by atoms with van der Waals surface area (Å²) in [5, 5.41) is 6.23. The fraction of sp³-hybridized carbons (Fsp3) is 0.444. The fourth-order valence-electron chi connectivity index (χ4n) is 3.26. The molecule has 0 atom stereocenters. The summed E-state index contributed by atoms with van der Waals surface area (Å²) in [6, 6.07) is 13.7. The molecule has 0 heterocycles. The van der Waals surface area contributed by atoms with Gasteiger partial charge in [0.25, 0.3) is 0 Å². The van der Waals surface area contributed by atoms with Crippen molar-refractivity contribution in [2.45, 2.75) is 44.3 Å². The lowest BCUT2D eigenvalue weighted by Crippen LogP contribution is -2.37. The van der Waals surface area contributed by atoms with E-state index in [2.05, 4.69) is 41.7 Å². The van der Waals surface area contributed by atoms with Gasteiger partial charge in [0.05, 0.1) is 7.11 Å². The third kappa shape index (κ3) is 3.20. The standard InChI is InChI=1S/C18H24N2O/c1-21-18-11-6-13-4-2-3-5-16(13)17(18)12-20-15-9-7-14(19)8-10-15/h2-6,11,14-15,20H,7-10,12,19H2,1H3. The maximum absolute atomic E-state index is 5.98. The molecule has 0 amide bonds. The van der Waals surface area contributed by atoms with Gasteiger partial charge >= 0.3 is 0 Å². The molecule has 3 N–H and O–H groups in total. The highest BCUT2D eigenvalue weighted by Crippen LogP contribution is 2.28. The van der Waals surface area contributed by atoms with E-state index < -0.39 is 0 Å². The maximum Gasteiger partial charge on any atom is 0.123 e. The Kier molecular flexibility index (Phi) is 4.42. The van der Waals surface area contributed by atoms with Crippen molar-refractivity contribution in [3.8, 4) is 5.75 Å². The summed E-state index contributed by atoms with van der Waals surface area (Å²) in [6.07, 6.45) is 4.61. The number of ether oxygens (including phenoxy) is 1. The second-order valence-corrected chi connectivity index (χ2v) is 5.96. The molecule has 0 bridgehead atoms. The van der Waals surface area contributed by atoms with Crippen LogP contribution in [0.25, 0.3) is 10.8 Å². The second-order valence-electron chi connectivity index (χ2n) is 5.96. The van der Waals surface area contributed by atoms with E-state index in [0.717, 1.165) is 25.1 Å². The molecule has 112 valence electrons. The summed E-state index contributed by atoms with van der Waals surface area (Å²) in [6.45, 7) is 0.852. The molecule has 1 aliphatic carbocycles. The maximum atomic E-state index is 5.98. The van der Waals surface area contributed by atoms with Gasteiger partial charge in [0.1, 0.15) is 5.75 Å². The largest absolute Gasteiger partial charge is 0.496 e. The Bertz CT molecular complexity index is 603. The molecule has 0 aromatic heterocycles. The van der Waals surface area contributed by atoms with E-state index in [9.17, 15) is 0 Å². The lowest BCUT2D eigenvalue weighted by molar-refractivity contribution is 0.339. The molecule has 1 aliphatic rings. The summed E-state index contributed by atoms with van der Waals surface area (Å²) in [5.74, 6) is 0.966. The number of benzene rings is 2. The monoisotopic (exact) mass is 284 g/mol. The SMILES string of the molecule is COc1ccc2ccccc2c1CNC1CCC(N)CC1. The zero-order chi connectivity index (χ0) is 14.7. The topological polar surface area (TPSA) is 47.3 Å². The average Bonchev–Trinajstić information content (AvgIpc) is 2.54. The Hall–Kier alpha value is -1.58. The number of rotatable bonds is 4. The van der Waals surface area contributed by atoms with Crippen molar-refractivity contribution >= 4 is 10.8 Å². The summed E-state index contributed by atoms with van der Waals surface area (Å²) in [5.41, 5.74) is 7.23. The highest BCUT2D eigenvalue weighted by atomic mass is 16.5. The van der Waals surface area contributed by atoms with E-state index in [4.69, 9.17) is 10.5 Å². The first-order chi connectivity index (χ1) is 10.3. The minimum atomic E-state index is 0.398. The lowest BCUT2D eigenvalue weighted by Gasteiger charge is -2.27. The quantitative estimate of drug-likeness (QED) is 0.906. The van der Waals surface area contributed by atoms with Crippen LogP contribution in [0.15, 0.2) is 36.4 Å². The van der Waals surface area contributed by atoms with E-state index in [1.807, 2.05) is 0 Å². The average molecular weight is 284 g/mol. The molecule has 0 spiro atoms. The zero-order valence-corrected chi connectivity index (χ0v) is 12.6. The Morgan fingerprint density at radius 2 is 1.86 bits per heavy atom. The molecular formula is C18H24N2O. The highest BCUT2D eigenvalue weighted by molar-refractivity contribution is 5.87. The van der Waals surface area contributed by atoms with Gasteiger partial charge in [-0.3, -0.25) is 0 Å². The molecule has 1 fully saturated rings. The van der Waals surface area contributed by atoms with Crippen LogP contribution in [0, 0.1) is 0 Å². The third-order valence-corrected chi connectivity index (χ3v) is 4.56. The molecule has 2 aromatic rings. The number of nitrogens with one attached hydrogen (secondary N) is 1. The van der Waals surface area contributed by atoms with Gasteiger partial charge in [-0.25, -0.2) is 0 Å². The van der Waals surface area contributed by atoms with Crippen LogP contribution in [-0.2, 0) is 6.54 Å². The molecule has 0 aliphatic heterocycles. The van der Waals surface area contributed by atoms with Crippen molar-refractivity contribution in [3.05, 3.63) is 42.0 Å². The predicted molar refractivity (Wildman–Crippen MR) is 87.6 cm³/mol. The van der Waals surface area contributed by atoms with Crippen molar-refractivity contribution in [1.82, 2.24) is 5.32 Å². The molecule has 3 nitrogen and oxygen atoms in total. The number of methoxy groups -OCH3 is 1. The van der Waals surface area contributed by atoms with Crippen LogP contribution in [0.3, 0.4) is 0 Å². The minimum Gasteiger partial charge on any atom is -0.496 e. The van der Waals surface area contributed by atoms with E-state index in [-0.39, 0.29) is 0 Å². The molecule has 0 saturated heterocycles.